The normalized spacial score (nSPS) is 13.8. The molecule has 0 spiro atoms. The van der Waals surface area contributed by atoms with Crippen molar-refractivity contribution in [3.8, 4) is 11.5 Å². The smallest absolute Gasteiger partial charge is 0.126 e. The molecule has 1 aliphatic heterocycles. The number of rotatable bonds is 6. The fourth-order valence-corrected chi connectivity index (χ4v) is 3.02. The zero-order valence-electron chi connectivity index (χ0n) is 14.5. The molecule has 3 nitrogen and oxygen atoms in total. The first-order chi connectivity index (χ1) is 11.8. The number of methoxy groups -OCH3 is 1. The van der Waals surface area contributed by atoms with E-state index in [1.807, 2.05) is 18.2 Å². The summed E-state index contributed by atoms with van der Waals surface area (Å²) in [5.41, 5.74) is 3.74. The number of benzene rings is 2. The van der Waals surface area contributed by atoms with Crippen molar-refractivity contribution in [2.45, 2.75) is 19.4 Å². The molecule has 2 aromatic rings. The Hall–Kier alpha value is -2.26. The summed E-state index contributed by atoms with van der Waals surface area (Å²) in [5, 5.41) is 0. The van der Waals surface area contributed by atoms with Gasteiger partial charge in [0.25, 0.3) is 0 Å². The van der Waals surface area contributed by atoms with Gasteiger partial charge in [0.1, 0.15) is 11.5 Å². The Morgan fingerprint density at radius 2 is 2.08 bits per heavy atom. The average molecular weight is 323 g/mol. The van der Waals surface area contributed by atoms with Crippen molar-refractivity contribution >= 4 is 6.08 Å². The van der Waals surface area contributed by atoms with Gasteiger partial charge in [-0.1, -0.05) is 42.5 Å². The first kappa shape index (κ1) is 16.6. The number of ether oxygens (including phenoxy) is 2. The van der Waals surface area contributed by atoms with E-state index in [1.54, 1.807) is 7.11 Å². The summed E-state index contributed by atoms with van der Waals surface area (Å²) in [5.74, 6) is 1.97. The summed E-state index contributed by atoms with van der Waals surface area (Å²) in [6.07, 6.45) is 6.55. The van der Waals surface area contributed by atoms with Crippen LogP contribution in [0.1, 0.15) is 23.1 Å². The number of fused-ring (bicyclic) bond motifs is 1. The average Bonchev–Trinajstić information content (AvgIpc) is 2.62. The first-order valence-electron chi connectivity index (χ1n) is 8.49. The molecule has 0 amide bonds. The van der Waals surface area contributed by atoms with Gasteiger partial charge in [-0.05, 0) is 43.1 Å². The molecule has 1 heterocycles. The van der Waals surface area contributed by atoms with Gasteiger partial charge in [0, 0.05) is 18.7 Å². The lowest BCUT2D eigenvalue weighted by Crippen LogP contribution is -2.18. The first-order valence-corrected chi connectivity index (χ1v) is 8.49. The SMILES string of the molecule is COc1ccccc1/C=C/CN(C)Cc1ccc2c(c1)OCCC2. The molecule has 24 heavy (non-hydrogen) atoms. The topological polar surface area (TPSA) is 21.7 Å². The van der Waals surface area contributed by atoms with E-state index in [2.05, 4.69) is 48.4 Å². The van der Waals surface area contributed by atoms with Crippen LogP contribution in [0.2, 0.25) is 0 Å². The summed E-state index contributed by atoms with van der Waals surface area (Å²) < 4.78 is 11.1. The molecule has 1 aliphatic rings. The molecule has 126 valence electrons. The third-order valence-corrected chi connectivity index (χ3v) is 4.29. The van der Waals surface area contributed by atoms with Crippen molar-refractivity contribution in [3.63, 3.8) is 0 Å². The monoisotopic (exact) mass is 323 g/mol. The fourth-order valence-electron chi connectivity index (χ4n) is 3.02. The van der Waals surface area contributed by atoms with Gasteiger partial charge >= 0.3 is 0 Å². The molecule has 0 N–H and O–H groups in total. The molecule has 0 atom stereocenters. The summed E-state index contributed by atoms with van der Waals surface area (Å²) in [6.45, 7) is 2.64. The Morgan fingerprint density at radius 1 is 1.21 bits per heavy atom. The molecule has 0 saturated carbocycles. The zero-order chi connectivity index (χ0) is 16.8. The van der Waals surface area contributed by atoms with Crippen molar-refractivity contribution in [1.82, 2.24) is 4.90 Å². The van der Waals surface area contributed by atoms with Gasteiger partial charge in [0.15, 0.2) is 0 Å². The van der Waals surface area contributed by atoms with Crippen LogP contribution in [0.5, 0.6) is 11.5 Å². The fraction of sp³-hybridized carbons (Fsp3) is 0.333. The second-order valence-corrected chi connectivity index (χ2v) is 6.24. The number of nitrogens with zero attached hydrogens (tertiary/aromatic N) is 1. The van der Waals surface area contributed by atoms with Gasteiger partial charge in [-0.15, -0.1) is 0 Å². The van der Waals surface area contributed by atoms with Crippen LogP contribution in [0, 0.1) is 0 Å². The maximum Gasteiger partial charge on any atom is 0.126 e. The molecule has 0 aromatic heterocycles. The van der Waals surface area contributed by atoms with Gasteiger partial charge in [0.2, 0.25) is 0 Å². The highest BCUT2D eigenvalue weighted by molar-refractivity contribution is 5.57. The molecular weight excluding hydrogens is 298 g/mol. The highest BCUT2D eigenvalue weighted by Gasteiger charge is 2.11. The van der Waals surface area contributed by atoms with E-state index in [0.29, 0.717) is 0 Å². The number of hydrogen-bond donors (Lipinski definition) is 0. The van der Waals surface area contributed by atoms with Gasteiger partial charge in [-0.25, -0.2) is 0 Å². The molecular formula is C21H25NO2. The van der Waals surface area contributed by atoms with Crippen LogP contribution in [0.15, 0.2) is 48.5 Å². The van der Waals surface area contributed by atoms with E-state index >= 15 is 0 Å². The summed E-state index contributed by atoms with van der Waals surface area (Å²) in [7, 11) is 3.84. The van der Waals surface area contributed by atoms with E-state index in [1.165, 1.54) is 11.1 Å². The van der Waals surface area contributed by atoms with Crippen molar-refractivity contribution < 1.29 is 9.47 Å². The lowest BCUT2D eigenvalue weighted by atomic mass is 10.0. The maximum absolute atomic E-state index is 5.76. The third kappa shape index (κ3) is 4.18. The number of hydrogen-bond acceptors (Lipinski definition) is 3. The van der Waals surface area contributed by atoms with Crippen LogP contribution in [-0.4, -0.2) is 32.2 Å². The Kier molecular flexibility index (Phi) is 5.55. The molecule has 0 unspecified atom stereocenters. The lowest BCUT2D eigenvalue weighted by Gasteiger charge is -2.20. The van der Waals surface area contributed by atoms with E-state index in [-0.39, 0.29) is 0 Å². The summed E-state index contributed by atoms with van der Waals surface area (Å²) >= 11 is 0. The minimum atomic E-state index is 0.841. The van der Waals surface area contributed by atoms with E-state index in [0.717, 1.165) is 49.6 Å². The van der Waals surface area contributed by atoms with Crippen LogP contribution < -0.4 is 9.47 Å². The maximum atomic E-state index is 5.76. The van der Waals surface area contributed by atoms with Crippen molar-refractivity contribution in [2.75, 3.05) is 27.3 Å². The molecule has 3 heteroatoms. The van der Waals surface area contributed by atoms with Gasteiger partial charge in [0.05, 0.1) is 13.7 Å². The van der Waals surface area contributed by atoms with Crippen molar-refractivity contribution in [2.24, 2.45) is 0 Å². The molecule has 0 bridgehead atoms. The van der Waals surface area contributed by atoms with Crippen LogP contribution >= 0.6 is 0 Å². The van der Waals surface area contributed by atoms with E-state index < -0.39 is 0 Å². The second-order valence-electron chi connectivity index (χ2n) is 6.24. The summed E-state index contributed by atoms with van der Waals surface area (Å²) in [6, 6.07) is 14.7. The van der Waals surface area contributed by atoms with Crippen LogP contribution in [-0.2, 0) is 13.0 Å². The predicted octanol–water partition coefficient (Wildman–Crippen LogP) is 4.17. The predicted molar refractivity (Wildman–Crippen MR) is 98.6 cm³/mol. The highest BCUT2D eigenvalue weighted by atomic mass is 16.5. The Balaban J connectivity index is 1.57. The van der Waals surface area contributed by atoms with Gasteiger partial charge < -0.3 is 9.47 Å². The molecule has 3 rings (SSSR count). The minimum absolute atomic E-state index is 0.841. The highest BCUT2D eigenvalue weighted by Crippen LogP contribution is 2.26. The van der Waals surface area contributed by atoms with Crippen LogP contribution in [0.3, 0.4) is 0 Å². The van der Waals surface area contributed by atoms with Crippen LogP contribution in [0.4, 0.5) is 0 Å². The van der Waals surface area contributed by atoms with Gasteiger partial charge in [-0.2, -0.15) is 0 Å². The van der Waals surface area contributed by atoms with E-state index in [4.69, 9.17) is 9.47 Å². The van der Waals surface area contributed by atoms with E-state index in [9.17, 15) is 0 Å². The van der Waals surface area contributed by atoms with Crippen molar-refractivity contribution in [3.05, 3.63) is 65.2 Å². The molecule has 0 fully saturated rings. The Morgan fingerprint density at radius 3 is 2.96 bits per heavy atom. The zero-order valence-corrected chi connectivity index (χ0v) is 14.5. The van der Waals surface area contributed by atoms with Gasteiger partial charge in [-0.3, -0.25) is 4.90 Å². The summed E-state index contributed by atoms with van der Waals surface area (Å²) in [4.78, 5) is 2.29. The second kappa shape index (κ2) is 8.02. The standard InChI is InChI=1S/C21H25NO2/c1-22(13-5-8-18-7-3-4-10-20(18)23-2)16-17-11-12-19-9-6-14-24-21(19)15-17/h3-5,7-8,10-12,15H,6,9,13-14,16H2,1-2H3/b8-5+. The third-order valence-electron chi connectivity index (χ3n) is 4.29. The van der Waals surface area contributed by atoms with Crippen molar-refractivity contribution in [1.29, 1.82) is 0 Å². The number of likely N-dealkylation sites (N-methyl/N-ethyl adjacent to an activating group) is 1. The molecule has 0 radical (unpaired) electrons. The Bertz CT molecular complexity index is 709. The molecule has 0 saturated heterocycles. The Labute approximate surface area is 144 Å². The quantitative estimate of drug-likeness (QED) is 0.796. The van der Waals surface area contributed by atoms with Crippen LogP contribution in [0.25, 0.3) is 6.08 Å². The molecule has 0 aliphatic carbocycles. The largest absolute Gasteiger partial charge is 0.496 e. The number of aryl methyl sites for hydroxylation is 1. The number of para-hydroxylation sites is 1. The lowest BCUT2D eigenvalue weighted by molar-refractivity contribution is 0.287. The minimum Gasteiger partial charge on any atom is -0.496 e. The molecule has 2 aromatic carbocycles.